The average molecular weight is 299 g/mol. The summed E-state index contributed by atoms with van der Waals surface area (Å²) >= 11 is 1.40. The number of nitrogens with two attached hydrogens (primary N) is 1. The number of nitrogen functional groups attached to an aromatic ring is 1. The zero-order valence-corrected chi connectivity index (χ0v) is 12.1. The molecule has 0 saturated heterocycles. The molecule has 0 unspecified atom stereocenters. The standard InChI is InChI=1S/C15H13N3O2S/c1-19-12-5-4-9-2-3-10(14(16)17)8-11(9)13(12)20-15-18-6-7-21-15/h2-8H,1H3,(H3,16,17). The van der Waals surface area contributed by atoms with E-state index >= 15 is 0 Å². The Morgan fingerprint density at radius 3 is 2.76 bits per heavy atom. The molecule has 5 nitrogen and oxygen atoms in total. The molecule has 0 spiro atoms. The van der Waals surface area contributed by atoms with Crippen LogP contribution in [0.3, 0.4) is 0 Å². The molecule has 106 valence electrons. The van der Waals surface area contributed by atoms with Gasteiger partial charge in [0.05, 0.1) is 7.11 Å². The second-order valence-electron chi connectivity index (χ2n) is 4.35. The molecule has 3 rings (SSSR count). The minimum absolute atomic E-state index is 0.0138. The van der Waals surface area contributed by atoms with Gasteiger partial charge in [0, 0.05) is 22.5 Å². The molecule has 0 bridgehead atoms. The molecule has 0 radical (unpaired) electrons. The second kappa shape index (κ2) is 5.41. The number of benzene rings is 2. The highest BCUT2D eigenvalue weighted by atomic mass is 32.1. The van der Waals surface area contributed by atoms with E-state index in [1.54, 1.807) is 13.3 Å². The monoisotopic (exact) mass is 299 g/mol. The van der Waals surface area contributed by atoms with Gasteiger partial charge in [0.25, 0.3) is 5.19 Å². The van der Waals surface area contributed by atoms with Crippen molar-refractivity contribution in [1.82, 2.24) is 4.98 Å². The number of hydrogen-bond donors (Lipinski definition) is 2. The number of nitrogens with one attached hydrogen (secondary N) is 1. The molecule has 0 saturated carbocycles. The van der Waals surface area contributed by atoms with E-state index in [4.69, 9.17) is 20.6 Å². The fraction of sp³-hybridized carbons (Fsp3) is 0.0667. The van der Waals surface area contributed by atoms with Gasteiger partial charge in [0.1, 0.15) is 5.84 Å². The van der Waals surface area contributed by atoms with Crippen LogP contribution in [0.4, 0.5) is 0 Å². The number of thiazole rings is 1. The van der Waals surface area contributed by atoms with Crippen molar-refractivity contribution in [3.05, 3.63) is 47.5 Å². The molecular formula is C15H13N3O2S. The van der Waals surface area contributed by atoms with Crippen LogP contribution in [0.25, 0.3) is 10.8 Å². The number of rotatable bonds is 4. The first-order valence-corrected chi connectivity index (χ1v) is 7.09. The Balaban J connectivity index is 2.21. The SMILES string of the molecule is COc1ccc2ccc(C(=N)N)cc2c1Oc1nccs1. The van der Waals surface area contributed by atoms with Crippen molar-refractivity contribution in [3.63, 3.8) is 0 Å². The number of ether oxygens (including phenoxy) is 2. The predicted octanol–water partition coefficient (Wildman–Crippen LogP) is 3.38. The third kappa shape index (κ3) is 2.53. The Hall–Kier alpha value is -2.60. The van der Waals surface area contributed by atoms with E-state index in [1.807, 2.05) is 35.7 Å². The summed E-state index contributed by atoms with van der Waals surface area (Å²) in [7, 11) is 1.59. The molecule has 3 aromatic rings. The predicted molar refractivity (Wildman–Crippen MR) is 83.7 cm³/mol. The fourth-order valence-corrected chi connectivity index (χ4v) is 2.55. The number of fused-ring (bicyclic) bond motifs is 1. The maximum absolute atomic E-state index is 7.57. The molecule has 0 fully saturated rings. The van der Waals surface area contributed by atoms with Crippen LogP contribution < -0.4 is 15.2 Å². The van der Waals surface area contributed by atoms with Crippen molar-refractivity contribution < 1.29 is 9.47 Å². The van der Waals surface area contributed by atoms with Gasteiger partial charge in [-0.25, -0.2) is 4.98 Å². The van der Waals surface area contributed by atoms with Crippen molar-refractivity contribution >= 4 is 27.9 Å². The summed E-state index contributed by atoms with van der Waals surface area (Å²) < 4.78 is 11.2. The lowest BCUT2D eigenvalue weighted by molar-refractivity contribution is 0.381. The van der Waals surface area contributed by atoms with Crippen molar-refractivity contribution in [3.8, 4) is 16.7 Å². The maximum Gasteiger partial charge on any atom is 0.278 e. The molecule has 0 aliphatic carbocycles. The molecule has 2 aromatic carbocycles. The summed E-state index contributed by atoms with van der Waals surface area (Å²) in [6.45, 7) is 0. The maximum atomic E-state index is 7.57. The summed E-state index contributed by atoms with van der Waals surface area (Å²) in [5, 5.41) is 11.8. The Bertz CT molecular complexity index is 800. The first-order valence-electron chi connectivity index (χ1n) is 6.21. The lowest BCUT2D eigenvalue weighted by atomic mass is 10.0. The second-order valence-corrected chi connectivity index (χ2v) is 5.20. The van der Waals surface area contributed by atoms with Crippen molar-refractivity contribution in [2.45, 2.75) is 0 Å². The molecule has 21 heavy (non-hydrogen) atoms. The van der Waals surface area contributed by atoms with Crippen molar-refractivity contribution in [1.29, 1.82) is 5.41 Å². The van der Waals surface area contributed by atoms with Crippen LogP contribution in [0.5, 0.6) is 16.7 Å². The third-order valence-corrected chi connectivity index (χ3v) is 3.71. The Labute approximate surface area is 125 Å². The quantitative estimate of drug-likeness (QED) is 0.571. The van der Waals surface area contributed by atoms with Crippen LogP contribution in [0.1, 0.15) is 5.56 Å². The number of hydrogen-bond acceptors (Lipinski definition) is 5. The van der Waals surface area contributed by atoms with E-state index in [9.17, 15) is 0 Å². The van der Waals surface area contributed by atoms with Gasteiger partial charge in [0.2, 0.25) is 0 Å². The van der Waals surface area contributed by atoms with Crippen molar-refractivity contribution in [2.24, 2.45) is 5.73 Å². The molecule has 1 aromatic heterocycles. The lowest BCUT2D eigenvalue weighted by Crippen LogP contribution is -2.10. The zero-order valence-electron chi connectivity index (χ0n) is 11.3. The largest absolute Gasteiger partial charge is 0.493 e. The van der Waals surface area contributed by atoms with E-state index < -0.39 is 0 Å². The lowest BCUT2D eigenvalue weighted by Gasteiger charge is -2.12. The Kier molecular flexibility index (Phi) is 3.45. The van der Waals surface area contributed by atoms with Gasteiger partial charge in [-0.05, 0) is 17.5 Å². The van der Waals surface area contributed by atoms with Crippen LogP contribution in [-0.4, -0.2) is 17.9 Å². The van der Waals surface area contributed by atoms with Gasteiger partial charge in [-0.3, -0.25) is 5.41 Å². The highest BCUT2D eigenvalue weighted by Gasteiger charge is 2.13. The van der Waals surface area contributed by atoms with Crippen LogP contribution >= 0.6 is 11.3 Å². The average Bonchev–Trinajstić information content (AvgIpc) is 3.00. The first kappa shape index (κ1) is 13.4. The molecule has 0 amide bonds. The summed E-state index contributed by atoms with van der Waals surface area (Å²) in [6, 6.07) is 9.32. The Morgan fingerprint density at radius 1 is 1.29 bits per heavy atom. The molecule has 0 aliphatic rings. The van der Waals surface area contributed by atoms with Gasteiger partial charge >= 0.3 is 0 Å². The molecular weight excluding hydrogens is 286 g/mol. The van der Waals surface area contributed by atoms with Crippen LogP contribution in [0.15, 0.2) is 41.9 Å². The van der Waals surface area contributed by atoms with E-state index in [0.717, 1.165) is 10.8 Å². The van der Waals surface area contributed by atoms with E-state index in [0.29, 0.717) is 22.3 Å². The number of methoxy groups -OCH3 is 1. The van der Waals surface area contributed by atoms with Crippen molar-refractivity contribution in [2.75, 3.05) is 7.11 Å². The highest BCUT2D eigenvalue weighted by Crippen LogP contribution is 2.39. The molecule has 1 heterocycles. The molecule has 3 N–H and O–H groups in total. The van der Waals surface area contributed by atoms with Crippen LogP contribution in [-0.2, 0) is 0 Å². The van der Waals surface area contributed by atoms with Crippen LogP contribution in [0, 0.1) is 5.41 Å². The highest BCUT2D eigenvalue weighted by molar-refractivity contribution is 7.11. The molecule has 0 aliphatic heterocycles. The topological polar surface area (TPSA) is 81.2 Å². The minimum Gasteiger partial charge on any atom is -0.493 e. The first-order chi connectivity index (χ1) is 10.2. The number of aromatic nitrogens is 1. The van der Waals surface area contributed by atoms with Gasteiger partial charge in [-0.15, -0.1) is 0 Å². The zero-order chi connectivity index (χ0) is 14.8. The van der Waals surface area contributed by atoms with Crippen LogP contribution in [0.2, 0.25) is 0 Å². The number of amidine groups is 1. The molecule has 0 atom stereocenters. The van der Waals surface area contributed by atoms with E-state index in [-0.39, 0.29) is 5.84 Å². The third-order valence-electron chi connectivity index (χ3n) is 3.07. The number of nitrogens with zero attached hydrogens (tertiary/aromatic N) is 1. The van der Waals surface area contributed by atoms with Gasteiger partial charge in [-0.1, -0.05) is 29.5 Å². The summed E-state index contributed by atoms with van der Waals surface area (Å²) in [5.41, 5.74) is 6.20. The minimum atomic E-state index is 0.0138. The Morgan fingerprint density at radius 2 is 2.10 bits per heavy atom. The smallest absolute Gasteiger partial charge is 0.278 e. The normalized spacial score (nSPS) is 10.5. The fourth-order valence-electron chi connectivity index (χ4n) is 2.05. The summed E-state index contributed by atoms with van der Waals surface area (Å²) in [5.74, 6) is 1.20. The van der Waals surface area contributed by atoms with Gasteiger partial charge < -0.3 is 15.2 Å². The van der Waals surface area contributed by atoms with E-state index in [1.165, 1.54) is 11.3 Å². The summed E-state index contributed by atoms with van der Waals surface area (Å²) in [6.07, 6.45) is 1.68. The van der Waals surface area contributed by atoms with E-state index in [2.05, 4.69) is 4.98 Å². The van der Waals surface area contributed by atoms with Gasteiger partial charge in [0.15, 0.2) is 11.5 Å². The molecule has 6 heteroatoms. The van der Waals surface area contributed by atoms with Gasteiger partial charge in [-0.2, -0.15) is 0 Å². The summed E-state index contributed by atoms with van der Waals surface area (Å²) in [4.78, 5) is 4.13.